The highest BCUT2D eigenvalue weighted by molar-refractivity contribution is 6.35. The molecule has 2 aromatic carbocycles. The summed E-state index contributed by atoms with van der Waals surface area (Å²) in [4.78, 5) is 0. The molecule has 1 saturated carbocycles. The maximum Gasteiger partial charge on any atom is 0.142 e. The first kappa shape index (κ1) is 17.7. The van der Waals surface area contributed by atoms with Crippen LogP contribution in [0.15, 0.2) is 42.5 Å². The normalized spacial score (nSPS) is 21.5. The molecule has 0 amide bonds. The Morgan fingerprint density at radius 2 is 1.58 bits per heavy atom. The Kier molecular flexibility index (Phi) is 6.12. The van der Waals surface area contributed by atoms with Crippen molar-refractivity contribution in [1.82, 2.24) is 0 Å². The molecule has 128 valence electrons. The highest BCUT2D eigenvalue weighted by Crippen LogP contribution is 2.38. The lowest BCUT2D eigenvalue weighted by molar-refractivity contribution is 0.441. The average molecular weight is 361 g/mol. The Labute approximate surface area is 152 Å². The summed E-state index contributed by atoms with van der Waals surface area (Å²) < 4.78 is 13.5. The number of hydrogen-bond donors (Lipinski definition) is 0. The van der Waals surface area contributed by atoms with E-state index >= 15 is 0 Å². The van der Waals surface area contributed by atoms with Gasteiger partial charge in [0.2, 0.25) is 0 Å². The summed E-state index contributed by atoms with van der Waals surface area (Å²) >= 11 is 5.73. The van der Waals surface area contributed by atoms with Gasteiger partial charge in [0.25, 0.3) is 0 Å². The van der Waals surface area contributed by atoms with Crippen LogP contribution in [0.5, 0.6) is 0 Å². The third-order valence-electron chi connectivity index (χ3n) is 5.56. The third-order valence-corrected chi connectivity index (χ3v) is 7.84. The largest absolute Gasteiger partial charge is 0.205 e. The number of rotatable bonds is 5. The van der Waals surface area contributed by atoms with Crippen molar-refractivity contribution in [3.8, 4) is 0 Å². The van der Waals surface area contributed by atoms with Crippen molar-refractivity contribution >= 4 is 21.1 Å². The molecule has 0 nitrogen and oxygen atoms in total. The van der Waals surface area contributed by atoms with E-state index in [0.717, 1.165) is 29.9 Å². The minimum absolute atomic E-state index is 0.186. The molecule has 0 spiro atoms. The second kappa shape index (κ2) is 8.31. The maximum absolute atomic E-state index is 13.5. The van der Waals surface area contributed by atoms with E-state index in [9.17, 15) is 4.39 Å². The Morgan fingerprint density at radius 1 is 0.958 bits per heavy atom. The highest BCUT2D eigenvalue weighted by atomic mass is 35.5. The van der Waals surface area contributed by atoms with E-state index in [4.69, 9.17) is 11.6 Å². The topological polar surface area (TPSA) is 0 Å². The van der Waals surface area contributed by atoms with Crippen LogP contribution < -0.4 is 0 Å². The Morgan fingerprint density at radius 3 is 2.21 bits per heavy atom. The fourth-order valence-corrected chi connectivity index (χ4v) is 5.25. The fourth-order valence-electron chi connectivity index (χ4n) is 3.84. The van der Waals surface area contributed by atoms with Crippen LogP contribution in [0.25, 0.3) is 0 Å². The lowest BCUT2D eigenvalue weighted by Gasteiger charge is -2.28. The van der Waals surface area contributed by atoms with Crippen LogP contribution in [-0.4, -0.2) is 9.52 Å². The summed E-state index contributed by atoms with van der Waals surface area (Å²) in [6.45, 7) is 2.45. The standard InChI is InChI=1S/C21H26ClFSi/c1-24-19-11-9-18(10-12-19)17-7-4-15(5-8-17)2-3-16-6-13-20(22)21(23)14-16/h4-8,13-14,18-19H,2-3,9-12,24H2,1H3/t18-,19-. The lowest BCUT2D eigenvalue weighted by Crippen LogP contribution is -2.12. The quantitative estimate of drug-likeness (QED) is 0.580. The molecular weight excluding hydrogens is 335 g/mol. The number of hydrogen-bond acceptors (Lipinski definition) is 0. The maximum atomic E-state index is 13.5. The van der Waals surface area contributed by atoms with Crippen molar-refractivity contribution in [2.24, 2.45) is 0 Å². The Balaban J connectivity index is 1.55. The van der Waals surface area contributed by atoms with E-state index in [1.165, 1.54) is 36.8 Å². The predicted octanol–water partition coefficient (Wildman–Crippen LogP) is 5.93. The molecule has 1 aliphatic carbocycles. The molecule has 0 radical (unpaired) electrons. The SMILES string of the molecule is C[SiH2][C@H]1CC[C@H](c2ccc(CCc3ccc(Cl)c(F)c3)cc2)CC1. The van der Waals surface area contributed by atoms with Crippen molar-refractivity contribution in [3.05, 3.63) is 70.0 Å². The number of aryl methyl sites for hydroxylation is 2. The van der Waals surface area contributed by atoms with Gasteiger partial charge >= 0.3 is 0 Å². The molecule has 1 aliphatic rings. The van der Waals surface area contributed by atoms with Gasteiger partial charge in [-0.05, 0) is 60.4 Å². The van der Waals surface area contributed by atoms with Gasteiger partial charge in [0.1, 0.15) is 5.82 Å². The molecule has 3 rings (SSSR count). The fraction of sp³-hybridized carbons (Fsp3) is 0.429. The third kappa shape index (κ3) is 4.49. The van der Waals surface area contributed by atoms with Crippen LogP contribution in [0.4, 0.5) is 4.39 Å². The van der Waals surface area contributed by atoms with E-state index in [1.807, 2.05) is 6.07 Å². The summed E-state index contributed by atoms with van der Waals surface area (Å²) in [6, 6.07) is 14.2. The minimum Gasteiger partial charge on any atom is -0.205 e. The summed E-state index contributed by atoms with van der Waals surface area (Å²) in [5.74, 6) is 0.441. The predicted molar refractivity (Wildman–Crippen MR) is 105 cm³/mol. The zero-order valence-corrected chi connectivity index (χ0v) is 16.6. The molecule has 0 atom stereocenters. The molecule has 0 heterocycles. The van der Waals surface area contributed by atoms with Crippen LogP contribution in [0.2, 0.25) is 17.1 Å². The lowest BCUT2D eigenvalue weighted by atomic mass is 9.83. The smallest absolute Gasteiger partial charge is 0.142 e. The monoisotopic (exact) mass is 360 g/mol. The van der Waals surface area contributed by atoms with Gasteiger partial charge in [0, 0.05) is 9.52 Å². The molecule has 0 saturated heterocycles. The van der Waals surface area contributed by atoms with Crippen molar-refractivity contribution in [2.75, 3.05) is 0 Å². The zero-order chi connectivity index (χ0) is 16.9. The van der Waals surface area contributed by atoms with E-state index in [0.29, 0.717) is 0 Å². The molecule has 1 fully saturated rings. The van der Waals surface area contributed by atoms with Crippen molar-refractivity contribution < 1.29 is 4.39 Å². The second-order valence-electron chi connectivity index (χ2n) is 7.12. The zero-order valence-electron chi connectivity index (χ0n) is 14.4. The highest BCUT2D eigenvalue weighted by Gasteiger charge is 2.21. The van der Waals surface area contributed by atoms with Crippen molar-refractivity contribution in [3.63, 3.8) is 0 Å². The average Bonchev–Trinajstić information content (AvgIpc) is 2.63. The van der Waals surface area contributed by atoms with Gasteiger partial charge in [-0.2, -0.15) is 0 Å². The molecule has 0 aliphatic heterocycles. The van der Waals surface area contributed by atoms with E-state index < -0.39 is 0 Å². The molecule has 0 N–H and O–H groups in total. The van der Waals surface area contributed by atoms with Crippen molar-refractivity contribution in [2.45, 2.75) is 56.5 Å². The van der Waals surface area contributed by atoms with Crippen LogP contribution in [0.1, 0.15) is 48.3 Å². The molecule has 0 bridgehead atoms. The van der Waals surface area contributed by atoms with E-state index in [2.05, 4.69) is 30.8 Å². The van der Waals surface area contributed by atoms with Gasteiger partial charge in [-0.1, -0.05) is 66.9 Å². The van der Waals surface area contributed by atoms with Crippen molar-refractivity contribution in [1.29, 1.82) is 0 Å². The van der Waals surface area contributed by atoms with Gasteiger partial charge in [-0.15, -0.1) is 0 Å². The number of benzene rings is 2. The van der Waals surface area contributed by atoms with Crippen LogP contribution in [-0.2, 0) is 12.8 Å². The first-order chi connectivity index (χ1) is 11.7. The van der Waals surface area contributed by atoms with Gasteiger partial charge < -0.3 is 0 Å². The molecular formula is C21H26ClFSi. The molecule has 24 heavy (non-hydrogen) atoms. The van der Waals surface area contributed by atoms with Gasteiger partial charge in [0.05, 0.1) is 5.02 Å². The first-order valence-corrected chi connectivity index (χ1v) is 11.8. The molecule has 3 heteroatoms. The summed E-state index contributed by atoms with van der Waals surface area (Å²) in [6.07, 6.45) is 7.41. The van der Waals surface area contributed by atoms with Crippen LogP contribution in [0, 0.1) is 5.82 Å². The number of halogens is 2. The Hall–Kier alpha value is -1.12. The van der Waals surface area contributed by atoms with Gasteiger partial charge in [-0.25, -0.2) is 4.39 Å². The van der Waals surface area contributed by atoms with Gasteiger partial charge in [0.15, 0.2) is 0 Å². The summed E-state index contributed by atoms with van der Waals surface area (Å²) in [7, 11) is 0.186. The second-order valence-corrected chi connectivity index (χ2v) is 9.49. The molecule has 0 unspecified atom stereocenters. The Bertz CT molecular complexity index is 660. The minimum atomic E-state index is -0.324. The molecule has 0 aromatic heterocycles. The molecule has 2 aromatic rings. The van der Waals surface area contributed by atoms with Gasteiger partial charge in [-0.3, -0.25) is 0 Å². The van der Waals surface area contributed by atoms with Crippen LogP contribution >= 0.6 is 11.6 Å². The van der Waals surface area contributed by atoms with E-state index in [1.54, 1.807) is 12.1 Å². The van der Waals surface area contributed by atoms with E-state index in [-0.39, 0.29) is 20.4 Å². The van der Waals surface area contributed by atoms with Crippen LogP contribution in [0.3, 0.4) is 0 Å². The first-order valence-electron chi connectivity index (χ1n) is 9.18. The summed E-state index contributed by atoms with van der Waals surface area (Å²) in [5.41, 5.74) is 4.92. The summed E-state index contributed by atoms with van der Waals surface area (Å²) in [5, 5.41) is 0.198.